The van der Waals surface area contributed by atoms with Gasteiger partial charge in [0.25, 0.3) is 5.91 Å². The molecule has 0 spiro atoms. The Morgan fingerprint density at radius 2 is 1.87 bits per heavy atom. The van der Waals surface area contributed by atoms with Crippen molar-refractivity contribution in [3.63, 3.8) is 0 Å². The first kappa shape index (κ1) is 13.9. The lowest BCUT2D eigenvalue weighted by Gasteiger charge is -2.04. The van der Waals surface area contributed by atoms with Crippen LogP contribution < -0.4 is 10.6 Å². The molecule has 0 aromatic heterocycles. The summed E-state index contributed by atoms with van der Waals surface area (Å²) in [6.07, 6.45) is 0.953. The van der Waals surface area contributed by atoms with Crippen LogP contribution >= 0.6 is 12.4 Å². The summed E-state index contributed by atoms with van der Waals surface area (Å²) in [6.45, 7) is 1.64. The molecule has 84 valence electrons. The molecule has 1 rings (SSSR count). The van der Waals surface area contributed by atoms with Gasteiger partial charge in [-0.3, -0.25) is 4.79 Å². The van der Waals surface area contributed by atoms with Gasteiger partial charge in [-0.2, -0.15) is 0 Å². The fourth-order valence-electron chi connectivity index (χ4n) is 1.16. The number of carbonyl (C=O) groups is 1. The zero-order valence-corrected chi connectivity index (χ0v) is 9.64. The molecule has 0 aliphatic carbocycles. The van der Waals surface area contributed by atoms with Crippen LogP contribution in [0.15, 0.2) is 30.3 Å². The van der Waals surface area contributed by atoms with E-state index in [1.54, 1.807) is 0 Å². The molecule has 0 fully saturated rings. The zero-order chi connectivity index (χ0) is 10.2. The average molecular weight is 229 g/mol. The van der Waals surface area contributed by atoms with E-state index in [4.69, 9.17) is 0 Å². The summed E-state index contributed by atoms with van der Waals surface area (Å²) in [7, 11) is 1.90. The number of hydrogen-bond acceptors (Lipinski definition) is 2. The molecule has 2 N–H and O–H groups in total. The van der Waals surface area contributed by atoms with Gasteiger partial charge in [0.05, 0.1) is 0 Å². The Morgan fingerprint density at radius 1 is 1.20 bits per heavy atom. The highest BCUT2D eigenvalue weighted by atomic mass is 35.5. The van der Waals surface area contributed by atoms with E-state index in [0.717, 1.165) is 18.5 Å². The molecule has 0 unspecified atom stereocenters. The average Bonchev–Trinajstić information content (AvgIpc) is 2.25. The molecule has 1 aromatic carbocycles. The predicted octanol–water partition coefficient (Wildman–Crippen LogP) is 1.45. The third kappa shape index (κ3) is 5.40. The molecular formula is C11H17ClN2O. The van der Waals surface area contributed by atoms with Crippen LogP contribution in [-0.2, 0) is 0 Å². The van der Waals surface area contributed by atoms with Gasteiger partial charge in [-0.1, -0.05) is 18.2 Å². The number of rotatable bonds is 5. The van der Waals surface area contributed by atoms with Gasteiger partial charge in [0.2, 0.25) is 0 Å². The molecule has 3 nitrogen and oxygen atoms in total. The molecule has 4 heteroatoms. The molecule has 15 heavy (non-hydrogen) atoms. The van der Waals surface area contributed by atoms with Gasteiger partial charge in [-0.05, 0) is 32.1 Å². The Labute approximate surface area is 96.7 Å². The van der Waals surface area contributed by atoms with Crippen molar-refractivity contribution in [2.45, 2.75) is 6.42 Å². The first-order valence-electron chi connectivity index (χ1n) is 4.82. The number of carbonyl (C=O) groups excluding carboxylic acids is 1. The standard InChI is InChI=1S/C11H16N2O.ClH/c1-12-8-5-9-13-11(14)10-6-3-2-4-7-10;/h2-4,6-7,12H,5,8-9H2,1H3,(H,13,14);1H. The van der Waals surface area contributed by atoms with Crippen LogP contribution in [0.2, 0.25) is 0 Å². The Morgan fingerprint density at radius 3 is 2.47 bits per heavy atom. The lowest BCUT2D eigenvalue weighted by molar-refractivity contribution is 0.0953. The fourth-order valence-corrected chi connectivity index (χ4v) is 1.16. The van der Waals surface area contributed by atoms with Crippen LogP contribution in [0.1, 0.15) is 16.8 Å². The molecule has 1 amide bonds. The summed E-state index contributed by atoms with van der Waals surface area (Å²) in [5.74, 6) is 0.00158. The van der Waals surface area contributed by atoms with E-state index in [9.17, 15) is 4.79 Å². The molecule has 0 aliphatic heterocycles. The quantitative estimate of drug-likeness (QED) is 0.749. The maximum absolute atomic E-state index is 11.5. The van der Waals surface area contributed by atoms with E-state index in [1.165, 1.54) is 0 Å². The van der Waals surface area contributed by atoms with Crippen molar-refractivity contribution in [2.75, 3.05) is 20.1 Å². The third-order valence-electron chi connectivity index (χ3n) is 1.93. The van der Waals surface area contributed by atoms with E-state index in [0.29, 0.717) is 6.54 Å². The Balaban J connectivity index is 0.00000196. The van der Waals surface area contributed by atoms with Gasteiger partial charge in [0, 0.05) is 12.1 Å². The molecule has 0 atom stereocenters. The van der Waals surface area contributed by atoms with Crippen LogP contribution in [0.3, 0.4) is 0 Å². The Bertz CT molecular complexity index is 277. The summed E-state index contributed by atoms with van der Waals surface area (Å²) in [5.41, 5.74) is 0.719. The van der Waals surface area contributed by atoms with E-state index in [2.05, 4.69) is 10.6 Å². The zero-order valence-electron chi connectivity index (χ0n) is 8.82. The normalized spacial score (nSPS) is 9.13. The van der Waals surface area contributed by atoms with E-state index < -0.39 is 0 Å². The minimum absolute atomic E-state index is 0. The molecule has 0 saturated carbocycles. The second-order valence-electron chi connectivity index (χ2n) is 3.08. The van der Waals surface area contributed by atoms with Crippen molar-refractivity contribution in [1.29, 1.82) is 0 Å². The maximum Gasteiger partial charge on any atom is 0.251 e. The van der Waals surface area contributed by atoms with Gasteiger partial charge >= 0.3 is 0 Å². The van der Waals surface area contributed by atoms with Crippen molar-refractivity contribution >= 4 is 18.3 Å². The predicted molar refractivity (Wildman–Crippen MR) is 64.6 cm³/mol. The molecule has 0 saturated heterocycles. The topological polar surface area (TPSA) is 41.1 Å². The highest BCUT2D eigenvalue weighted by molar-refractivity contribution is 5.94. The van der Waals surface area contributed by atoms with Crippen molar-refractivity contribution in [1.82, 2.24) is 10.6 Å². The molecule has 0 heterocycles. The highest BCUT2D eigenvalue weighted by Gasteiger charge is 2.01. The third-order valence-corrected chi connectivity index (χ3v) is 1.93. The van der Waals surface area contributed by atoms with Crippen molar-refractivity contribution in [3.8, 4) is 0 Å². The first-order valence-corrected chi connectivity index (χ1v) is 4.82. The second-order valence-corrected chi connectivity index (χ2v) is 3.08. The molecule has 0 radical (unpaired) electrons. The number of amides is 1. The van der Waals surface area contributed by atoms with E-state index in [-0.39, 0.29) is 18.3 Å². The lowest BCUT2D eigenvalue weighted by Crippen LogP contribution is -2.26. The number of halogens is 1. The van der Waals surface area contributed by atoms with Gasteiger partial charge in [-0.15, -0.1) is 12.4 Å². The SMILES string of the molecule is CNCCCNC(=O)c1ccccc1.Cl. The summed E-state index contributed by atoms with van der Waals surface area (Å²) in [4.78, 5) is 11.5. The number of nitrogens with one attached hydrogen (secondary N) is 2. The first-order chi connectivity index (χ1) is 6.84. The summed E-state index contributed by atoms with van der Waals surface area (Å²) >= 11 is 0. The summed E-state index contributed by atoms with van der Waals surface area (Å²) in [5, 5.41) is 5.88. The second kappa shape index (κ2) is 8.26. The van der Waals surface area contributed by atoms with Crippen molar-refractivity contribution < 1.29 is 4.79 Å². The lowest BCUT2D eigenvalue weighted by atomic mass is 10.2. The van der Waals surface area contributed by atoms with Crippen LogP contribution in [0, 0.1) is 0 Å². The van der Waals surface area contributed by atoms with Gasteiger partial charge in [0.1, 0.15) is 0 Å². The number of benzene rings is 1. The van der Waals surface area contributed by atoms with Crippen molar-refractivity contribution in [2.24, 2.45) is 0 Å². The fraction of sp³-hybridized carbons (Fsp3) is 0.364. The molecule has 0 aliphatic rings. The van der Waals surface area contributed by atoms with Gasteiger partial charge in [-0.25, -0.2) is 0 Å². The van der Waals surface area contributed by atoms with Gasteiger partial charge < -0.3 is 10.6 Å². The van der Waals surface area contributed by atoms with Gasteiger partial charge in [0.15, 0.2) is 0 Å². The molecular weight excluding hydrogens is 212 g/mol. The molecule has 1 aromatic rings. The largest absolute Gasteiger partial charge is 0.352 e. The monoisotopic (exact) mass is 228 g/mol. The van der Waals surface area contributed by atoms with Crippen LogP contribution in [0.5, 0.6) is 0 Å². The number of hydrogen-bond donors (Lipinski definition) is 2. The summed E-state index contributed by atoms with van der Waals surface area (Å²) in [6, 6.07) is 9.25. The van der Waals surface area contributed by atoms with E-state index >= 15 is 0 Å². The smallest absolute Gasteiger partial charge is 0.251 e. The Hall–Kier alpha value is -1.06. The van der Waals surface area contributed by atoms with Crippen LogP contribution in [0.4, 0.5) is 0 Å². The maximum atomic E-state index is 11.5. The minimum atomic E-state index is 0. The van der Waals surface area contributed by atoms with E-state index in [1.807, 2.05) is 37.4 Å². The molecule has 0 bridgehead atoms. The van der Waals surface area contributed by atoms with Crippen LogP contribution in [0.25, 0.3) is 0 Å². The minimum Gasteiger partial charge on any atom is -0.352 e. The van der Waals surface area contributed by atoms with Crippen molar-refractivity contribution in [3.05, 3.63) is 35.9 Å². The summed E-state index contributed by atoms with van der Waals surface area (Å²) < 4.78 is 0. The Kier molecular flexibility index (Phi) is 7.68. The highest BCUT2D eigenvalue weighted by Crippen LogP contribution is 1.97. The van der Waals surface area contributed by atoms with Crippen LogP contribution in [-0.4, -0.2) is 26.0 Å².